The van der Waals surface area contributed by atoms with E-state index in [1.165, 1.54) is 0 Å². The molecule has 0 bridgehead atoms. The third-order valence-corrected chi connectivity index (χ3v) is 9.03. The van der Waals surface area contributed by atoms with Crippen LogP contribution in [0, 0.1) is 0 Å². The number of aliphatic hydroxyl groups is 1. The van der Waals surface area contributed by atoms with Crippen molar-refractivity contribution in [2.45, 2.75) is 43.2 Å². The highest BCUT2D eigenvalue weighted by Gasteiger charge is 2.42. The van der Waals surface area contributed by atoms with Crippen molar-refractivity contribution in [2.24, 2.45) is 0 Å². The molecule has 4 atom stereocenters. The second-order valence-electron chi connectivity index (χ2n) is 11.7. The van der Waals surface area contributed by atoms with Crippen molar-refractivity contribution in [1.82, 2.24) is 9.80 Å². The Balaban J connectivity index is 1.06. The lowest BCUT2D eigenvalue weighted by atomic mass is 9.89. The molecular weight excluding hydrogens is 518 g/mol. The van der Waals surface area contributed by atoms with E-state index in [2.05, 4.69) is 21.9 Å². The molecule has 1 heterocycles. The largest absolute Gasteiger partial charge is 0.490 e. The number of hydrogen-bond acceptors (Lipinski definition) is 4. The Bertz CT molecular complexity index is 1530. The average molecular weight is 555 g/mol. The molecule has 3 unspecified atom stereocenters. The highest BCUT2D eigenvalue weighted by Crippen LogP contribution is 2.53. The van der Waals surface area contributed by atoms with Crippen molar-refractivity contribution in [3.8, 4) is 5.75 Å². The number of fused-ring (bicyclic) bond motifs is 3. The summed E-state index contributed by atoms with van der Waals surface area (Å²) in [6, 6.07) is 27.4. The first kappa shape index (κ1) is 26.6. The van der Waals surface area contributed by atoms with E-state index < -0.39 is 18.4 Å². The summed E-state index contributed by atoms with van der Waals surface area (Å²) >= 11 is 0. The van der Waals surface area contributed by atoms with Gasteiger partial charge in [0.1, 0.15) is 18.5 Å². The molecule has 2 fully saturated rings. The summed E-state index contributed by atoms with van der Waals surface area (Å²) < 4.78 is 37.7. The zero-order chi connectivity index (χ0) is 27.9. The smallest absolute Gasteiger partial charge is 0.161 e. The van der Waals surface area contributed by atoms with Crippen LogP contribution in [0.3, 0.4) is 0 Å². The number of hydrogen-bond donors (Lipinski definition) is 1. The number of β-amino-alcohol motifs (C(OH)–C–C–N with tert-alkyl or cyclic N) is 1. The van der Waals surface area contributed by atoms with Crippen LogP contribution in [0.5, 0.6) is 5.75 Å². The molecule has 1 saturated heterocycles. The summed E-state index contributed by atoms with van der Waals surface area (Å²) in [6.07, 6.45) is -1.87. The first-order valence-corrected chi connectivity index (χ1v) is 14.8. The first-order valence-electron chi connectivity index (χ1n) is 14.8. The lowest BCUT2D eigenvalue weighted by molar-refractivity contribution is 0.0403. The molecule has 7 rings (SSSR count). The highest BCUT2D eigenvalue weighted by molar-refractivity contribution is 5.88. The van der Waals surface area contributed by atoms with Crippen LogP contribution in [0.1, 0.15) is 65.0 Å². The van der Waals surface area contributed by atoms with Gasteiger partial charge in [-0.2, -0.15) is 0 Å². The van der Waals surface area contributed by atoms with E-state index in [0.29, 0.717) is 23.6 Å². The number of aliphatic hydroxyl groups excluding tert-OH is 1. The molecule has 4 nitrogen and oxygen atoms in total. The normalized spacial score (nSPS) is 23.9. The molecule has 4 aromatic rings. The summed E-state index contributed by atoms with van der Waals surface area (Å²) in [5.74, 6) is 1.12. The van der Waals surface area contributed by atoms with Crippen LogP contribution >= 0.6 is 0 Å². The zero-order valence-electron chi connectivity index (χ0n) is 23.1. The van der Waals surface area contributed by atoms with E-state index in [1.54, 1.807) is 6.07 Å². The number of benzene rings is 4. The van der Waals surface area contributed by atoms with Crippen LogP contribution in [0.2, 0.25) is 0 Å². The van der Waals surface area contributed by atoms with Crippen LogP contribution in [-0.2, 0) is 0 Å². The van der Waals surface area contributed by atoms with Gasteiger partial charge in [0, 0.05) is 38.1 Å². The third kappa shape index (κ3) is 5.14. The van der Waals surface area contributed by atoms with Gasteiger partial charge in [-0.05, 0) is 58.0 Å². The van der Waals surface area contributed by atoms with Crippen molar-refractivity contribution >= 4 is 10.8 Å². The molecule has 0 spiro atoms. The number of alkyl halides is 2. The SMILES string of the molecule is O[C@H](COc1cccc2ccccc12)CN1CCN(C2c3ccccc3C(F)C(F)c3c(C4CC4)cccc32)CC1. The predicted molar refractivity (Wildman–Crippen MR) is 158 cm³/mol. The molecule has 2 aliphatic carbocycles. The number of piperazine rings is 1. The molecule has 0 amide bonds. The number of rotatable bonds is 7. The van der Waals surface area contributed by atoms with Crippen LogP contribution < -0.4 is 4.74 Å². The summed E-state index contributed by atoms with van der Waals surface area (Å²) in [7, 11) is 0. The monoisotopic (exact) mass is 554 g/mol. The van der Waals surface area contributed by atoms with Crippen molar-refractivity contribution in [3.05, 3.63) is 113 Å². The molecule has 3 aliphatic rings. The minimum absolute atomic E-state index is 0.194. The van der Waals surface area contributed by atoms with Gasteiger partial charge in [0.05, 0.1) is 6.04 Å². The third-order valence-electron chi connectivity index (χ3n) is 9.03. The van der Waals surface area contributed by atoms with E-state index in [-0.39, 0.29) is 12.6 Å². The molecular formula is C35H36F2N2O2. The van der Waals surface area contributed by atoms with Crippen molar-refractivity contribution < 1.29 is 18.6 Å². The molecule has 6 heteroatoms. The Hall–Kier alpha value is -3.32. The van der Waals surface area contributed by atoms with Gasteiger partial charge in [0.2, 0.25) is 0 Å². The quantitative estimate of drug-likeness (QED) is 0.270. The second-order valence-corrected chi connectivity index (χ2v) is 11.7. The Labute approximate surface area is 240 Å². The predicted octanol–water partition coefficient (Wildman–Crippen LogP) is 6.90. The van der Waals surface area contributed by atoms with Crippen LogP contribution in [-0.4, -0.2) is 60.3 Å². The van der Waals surface area contributed by atoms with Crippen LogP contribution in [0.25, 0.3) is 10.8 Å². The van der Waals surface area contributed by atoms with Crippen LogP contribution in [0.4, 0.5) is 8.78 Å². The summed E-state index contributed by atoms with van der Waals surface area (Å²) in [4.78, 5) is 4.63. The maximum atomic E-state index is 15.9. The van der Waals surface area contributed by atoms with E-state index in [4.69, 9.17) is 4.74 Å². The molecule has 0 aromatic heterocycles. The van der Waals surface area contributed by atoms with Gasteiger partial charge in [0.25, 0.3) is 0 Å². The van der Waals surface area contributed by atoms with Crippen molar-refractivity contribution in [1.29, 1.82) is 0 Å². The highest BCUT2D eigenvalue weighted by atomic mass is 19.2. The molecule has 0 radical (unpaired) electrons. The molecule has 1 saturated carbocycles. The Morgan fingerprint density at radius 3 is 2.20 bits per heavy atom. The topological polar surface area (TPSA) is 35.9 Å². The summed E-state index contributed by atoms with van der Waals surface area (Å²) in [6.45, 7) is 3.76. The van der Waals surface area contributed by atoms with E-state index in [0.717, 1.165) is 72.2 Å². The van der Waals surface area contributed by atoms with Gasteiger partial charge in [-0.3, -0.25) is 9.80 Å². The molecule has 212 valence electrons. The van der Waals surface area contributed by atoms with Gasteiger partial charge < -0.3 is 9.84 Å². The Morgan fingerprint density at radius 1 is 0.732 bits per heavy atom. The van der Waals surface area contributed by atoms with Gasteiger partial charge in [-0.1, -0.05) is 78.9 Å². The maximum absolute atomic E-state index is 15.9. The second kappa shape index (κ2) is 11.2. The summed E-state index contributed by atoms with van der Waals surface area (Å²) in [5.41, 5.74) is 3.81. The molecule has 1 N–H and O–H groups in total. The van der Waals surface area contributed by atoms with Gasteiger partial charge in [-0.15, -0.1) is 0 Å². The Morgan fingerprint density at radius 2 is 1.39 bits per heavy atom. The number of ether oxygens (including phenoxy) is 1. The van der Waals surface area contributed by atoms with E-state index in [1.807, 2.05) is 66.7 Å². The zero-order valence-corrected chi connectivity index (χ0v) is 23.1. The number of nitrogens with zero attached hydrogens (tertiary/aromatic N) is 2. The fourth-order valence-corrected chi connectivity index (χ4v) is 6.85. The van der Waals surface area contributed by atoms with Crippen LogP contribution in [0.15, 0.2) is 84.9 Å². The first-order chi connectivity index (χ1) is 20.1. The lowest BCUT2D eigenvalue weighted by Gasteiger charge is -2.40. The molecule has 1 aliphatic heterocycles. The lowest BCUT2D eigenvalue weighted by Crippen LogP contribution is -2.50. The maximum Gasteiger partial charge on any atom is 0.161 e. The van der Waals surface area contributed by atoms with E-state index >= 15 is 8.78 Å². The van der Waals surface area contributed by atoms with Gasteiger partial charge >= 0.3 is 0 Å². The fourth-order valence-electron chi connectivity index (χ4n) is 6.85. The standard InChI is InChI=1S/C35H36F2N2O2/c36-33-28-10-3-4-11-29(28)35(30-13-6-12-27(24-15-16-24)32(30)34(33)37)39-19-17-38(18-20-39)21-25(40)22-41-31-14-5-8-23-7-1-2-9-26(23)31/h1-14,24-25,33-35,40H,15-22H2/t25-,33?,34?,35?/m0/s1. The number of halogens is 2. The molecule has 41 heavy (non-hydrogen) atoms. The van der Waals surface area contributed by atoms with Gasteiger partial charge in [-0.25, -0.2) is 8.78 Å². The fraction of sp³-hybridized carbons (Fsp3) is 0.371. The van der Waals surface area contributed by atoms with Crippen molar-refractivity contribution in [2.75, 3.05) is 39.3 Å². The molecule has 4 aromatic carbocycles. The van der Waals surface area contributed by atoms with Crippen molar-refractivity contribution in [3.63, 3.8) is 0 Å². The minimum Gasteiger partial charge on any atom is -0.490 e. The summed E-state index contributed by atoms with van der Waals surface area (Å²) in [5, 5.41) is 13.0. The van der Waals surface area contributed by atoms with E-state index in [9.17, 15) is 5.11 Å². The minimum atomic E-state index is -1.67. The van der Waals surface area contributed by atoms with Gasteiger partial charge in [0.15, 0.2) is 12.3 Å². The Kier molecular flexibility index (Phi) is 7.23. The average Bonchev–Trinajstić information content (AvgIpc) is 3.86.